The predicted molar refractivity (Wildman–Crippen MR) is 69.8 cm³/mol. The minimum Gasteiger partial charge on any atom is -0.495 e. The molecule has 1 heterocycles. The Balaban J connectivity index is 2.22. The minimum absolute atomic E-state index is 0.282. The van der Waals surface area contributed by atoms with Crippen molar-refractivity contribution in [3.05, 3.63) is 23.8 Å². The predicted octanol–water partition coefficient (Wildman–Crippen LogP) is 2.21. The van der Waals surface area contributed by atoms with Crippen molar-refractivity contribution in [1.29, 1.82) is 0 Å². The van der Waals surface area contributed by atoms with E-state index < -0.39 is 0 Å². The SMILES string of the molecule is COc1ccc(C)cc1N1CCCC(CO)C1. The first-order valence-electron chi connectivity index (χ1n) is 6.25. The summed E-state index contributed by atoms with van der Waals surface area (Å²) in [5.41, 5.74) is 2.40. The van der Waals surface area contributed by atoms with Crippen molar-refractivity contribution < 1.29 is 9.84 Å². The maximum Gasteiger partial charge on any atom is 0.142 e. The summed E-state index contributed by atoms with van der Waals surface area (Å²) in [7, 11) is 1.71. The van der Waals surface area contributed by atoms with Crippen molar-refractivity contribution in [2.24, 2.45) is 5.92 Å². The topological polar surface area (TPSA) is 32.7 Å². The normalized spacial score (nSPS) is 20.4. The van der Waals surface area contributed by atoms with E-state index in [9.17, 15) is 5.11 Å². The zero-order chi connectivity index (χ0) is 12.3. The van der Waals surface area contributed by atoms with E-state index in [0.717, 1.165) is 37.4 Å². The molecule has 94 valence electrons. The molecule has 3 nitrogen and oxygen atoms in total. The molecule has 1 atom stereocenters. The third-order valence-corrected chi connectivity index (χ3v) is 3.45. The highest BCUT2D eigenvalue weighted by Crippen LogP contribution is 2.32. The van der Waals surface area contributed by atoms with Crippen LogP contribution in [0, 0.1) is 12.8 Å². The molecule has 1 aromatic rings. The number of piperidine rings is 1. The molecule has 1 unspecified atom stereocenters. The van der Waals surface area contributed by atoms with Crippen molar-refractivity contribution in [1.82, 2.24) is 0 Å². The molecule has 0 radical (unpaired) electrons. The van der Waals surface area contributed by atoms with Crippen LogP contribution < -0.4 is 9.64 Å². The van der Waals surface area contributed by atoms with Gasteiger partial charge in [0.15, 0.2) is 0 Å². The number of hydrogen-bond donors (Lipinski definition) is 1. The van der Waals surface area contributed by atoms with E-state index in [4.69, 9.17) is 4.74 Å². The number of ether oxygens (including phenoxy) is 1. The molecule has 0 spiro atoms. The van der Waals surface area contributed by atoms with Gasteiger partial charge < -0.3 is 14.7 Å². The molecule has 0 saturated carbocycles. The van der Waals surface area contributed by atoms with Crippen LogP contribution in [0.3, 0.4) is 0 Å². The second-order valence-electron chi connectivity index (χ2n) is 4.81. The van der Waals surface area contributed by atoms with Gasteiger partial charge in [-0.05, 0) is 43.4 Å². The molecular formula is C14H21NO2. The first kappa shape index (κ1) is 12.2. The molecular weight excluding hydrogens is 214 g/mol. The monoisotopic (exact) mass is 235 g/mol. The molecule has 1 aliphatic heterocycles. The van der Waals surface area contributed by atoms with Gasteiger partial charge in [0.05, 0.1) is 12.8 Å². The molecule has 0 aliphatic carbocycles. The molecule has 17 heavy (non-hydrogen) atoms. The van der Waals surface area contributed by atoms with Gasteiger partial charge in [-0.1, -0.05) is 6.07 Å². The van der Waals surface area contributed by atoms with Crippen molar-refractivity contribution in [2.75, 3.05) is 31.7 Å². The Hall–Kier alpha value is -1.22. The maximum absolute atomic E-state index is 9.28. The Morgan fingerprint density at radius 1 is 1.47 bits per heavy atom. The van der Waals surface area contributed by atoms with Crippen LogP contribution in [0.4, 0.5) is 5.69 Å². The fourth-order valence-corrected chi connectivity index (χ4v) is 2.48. The first-order valence-corrected chi connectivity index (χ1v) is 6.25. The highest BCUT2D eigenvalue weighted by molar-refractivity contribution is 5.60. The average Bonchev–Trinajstić information content (AvgIpc) is 2.39. The van der Waals surface area contributed by atoms with Gasteiger partial charge in [-0.2, -0.15) is 0 Å². The van der Waals surface area contributed by atoms with E-state index >= 15 is 0 Å². The Bertz CT molecular complexity index is 378. The van der Waals surface area contributed by atoms with E-state index in [1.54, 1.807) is 7.11 Å². The highest BCUT2D eigenvalue weighted by Gasteiger charge is 2.21. The van der Waals surface area contributed by atoms with E-state index in [1.165, 1.54) is 5.56 Å². The third kappa shape index (κ3) is 2.72. The summed E-state index contributed by atoms with van der Waals surface area (Å²) in [6.45, 7) is 4.35. The van der Waals surface area contributed by atoms with Gasteiger partial charge >= 0.3 is 0 Å². The zero-order valence-corrected chi connectivity index (χ0v) is 10.6. The number of aliphatic hydroxyl groups is 1. The highest BCUT2D eigenvalue weighted by atomic mass is 16.5. The first-order chi connectivity index (χ1) is 8.24. The van der Waals surface area contributed by atoms with Crippen LogP contribution in [0.15, 0.2) is 18.2 Å². The Kier molecular flexibility index (Phi) is 3.89. The minimum atomic E-state index is 0.282. The van der Waals surface area contributed by atoms with Crippen LogP contribution in [-0.4, -0.2) is 31.9 Å². The van der Waals surface area contributed by atoms with Gasteiger partial charge in [-0.25, -0.2) is 0 Å². The van der Waals surface area contributed by atoms with Gasteiger partial charge in [0.25, 0.3) is 0 Å². The lowest BCUT2D eigenvalue weighted by Crippen LogP contribution is -2.37. The van der Waals surface area contributed by atoms with Crippen LogP contribution in [-0.2, 0) is 0 Å². The molecule has 2 rings (SSSR count). The van der Waals surface area contributed by atoms with E-state index in [1.807, 2.05) is 6.07 Å². The number of aliphatic hydroxyl groups excluding tert-OH is 1. The molecule has 1 fully saturated rings. The van der Waals surface area contributed by atoms with Gasteiger partial charge in [0.2, 0.25) is 0 Å². The van der Waals surface area contributed by atoms with Crippen LogP contribution in [0.5, 0.6) is 5.75 Å². The summed E-state index contributed by atoms with van der Waals surface area (Å²) in [6.07, 6.45) is 2.27. The lowest BCUT2D eigenvalue weighted by molar-refractivity contribution is 0.208. The molecule has 1 N–H and O–H groups in total. The van der Waals surface area contributed by atoms with Crippen LogP contribution in [0.25, 0.3) is 0 Å². The fourth-order valence-electron chi connectivity index (χ4n) is 2.48. The smallest absolute Gasteiger partial charge is 0.142 e. The number of benzene rings is 1. The summed E-state index contributed by atoms with van der Waals surface area (Å²) >= 11 is 0. The van der Waals surface area contributed by atoms with Gasteiger partial charge in [-0.3, -0.25) is 0 Å². The molecule has 1 saturated heterocycles. The van der Waals surface area contributed by atoms with E-state index in [-0.39, 0.29) is 6.61 Å². The standard InChI is InChI=1S/C14H21NO2/c1-11-5-6-14(17-2)13(8-11)15-7-3-4-12(9-15)10-16/h5-6,8,12,16H,3-4,7,9-10H2,1-2H3. The second kappa shape index (κ2) is 5.41. The lowest BCUT2D eigenvalue weighted by Gasteiger charge is -2.34. The number of hydrogen-bond acceptors (Lipinski definition) is 3. The fraction of sp³-hybridized carbons (Fsp3) is 0.571. The summed E-state index contributed by atoms with van der Waals surface area (Å²) in [4.78, 5) is 2.33. The molecule has 0 amide bonds. The van der Waals surface area contributed by atoms with Crippen LogP contribution in [0.1, 0.15) is 18.4 Å². The van der Waals surface area contributed by atoms with Gasteiger partial charge in [0.1, 0.15) is 5.75 Å². The summed E-state index contributed by atoms with van der Waals surface area (Å²) in [5, 5.41) is 9.28. The average molecular weight is 235 g/mol. The quantitative estimate of drug-likeness (QED) is 0.872. The molecule has 1 aliphatic rings. The Labute approximate surface area is 103 Å². The maximum atomic E-state index is 9.28. The summed E-state index contributed by atoms with van der Waals surface area (Å²) < 4.78 is 5.42. The zero-order valence-electron chi connectivity index (χ0n) is 10.6. The molecule has 0 bridgehead atoms. The van der Waals surface area contributed by atoms with Gasteiger partial charge in [0, 0.05) is 19.7 Å². The van der Waals surface area contributed by atoms with Crippen molar-refractivity contribution in [3.63, 3.8) is 0 Å². The number of rotatable bonds is 3. The lowest BCUT2D eigenvalue weighted by atomic mass is 9.98. The molecule has 0 aromatic heterocycles. The molecule has 3 heteroatoms. The van der Waals surface area contributed by atoms with E-state index in [0.29, 0.717) is 5.92 Å². The van der Waals surface area contributed by atoms with Crippen molar-refractivity contribution in [3.8, 4) is 5.75 Å². The number of methoxy groups -OCH3 is 1. The summed E-state index contributed by atoms with van der Waals surface area (Å²) in [6, 6.07) is 6.25. The molecule has 1 aromatic carbocycles. The van der Waals surface area contributed by atoms with Crippen molar-refractivity contribution >= 4 is 5.69 Å². The third-order valence-electron chi connectivity index (χ3n) is 3.45. The van der Waals surface area contributed by atoms with Crippen LogP contribution in [0.2, 0.25) is 0 Å². The van der Waals surface area contributed by atoms with Crippen molar-refractivity contribution in [2.45, 2.75) is 19.8 Å². The van der Waals surface area contributed by atoms with Crippen LogP contribution >= 0.6 is 0 Å². The largest absolute Gasteiger partial charge is 0.495 e. The number of aryl methyl sites for hydroxylation is 1. The van der Waals surface area contributed by atoms with E-state index in [2.05, 4.69) is 24.0 Å². The number of nitrogens with zero attached hydrogens (tertiary/aromatic N) is 1. The van der Waals surface area contributed by atoms with Gasteiger partial charge in [-0.15, -0.1) is 0 Å². The Morgan fingerprint density at radius 3 is 3.00 bits per heavy atom. The Morgan fingerprint density at radius 2 is 2.29 bits per heavy atom. The summed E-state index contributed by atoms with van der Waals surface area (Å²) in [5.74, 6) is 1.32. The number of anilines is 1. The second-order valence-corrected chi connectivity index (χ2v) is 4.81.